The van der Waals surface area contributed by atoms with E-state index in [9.17, 15) is 0 Å². The van der Waals surface area contributed by atoms with E-state index < -0.39 is 0 Å². The fraction of sp³-hybridized carbons (Fsp3) is 0.588. The van der Waals surface area contributed by atoms with Crippen molar-refractivity contribution in [3.05, 3.63) is 34.9 Å². The summed E-state index contributed by atoms with van der Waals surface area (Å²) in [7, 11) is 0. The van der Waals surface area contributed by atoms with E-state index in [1.165, 1.54) is 36.8 Å². The van der Waals surface area contributed by atoms with Gasteiger partial charge < -0.3 is 10.5 Å². The van der Waals surface area contributed by atoms with E-state index in [2.05, 4.69) is 24.0 Å². The maximum Gasteiger partial charge on any atom is 0.103 e. The molecule has 1 aromatic carbocycles. The lowest BCUT2D eigenvalue weighted by Crippen LogP contribution is -2.52. The van der Waals surface area contributed by atoms with Crippen LogP contribution in [0.5, 0.6) is 0 Å². The van der Waals surface area contributed by atoms with Gasteiger partial charge in [-0.25, -0.2) is 0 Å². The predicted molar refractivity (Wildman–Crippen MR) is 89.5 cm³/mol. The Hall–Kier alpha value is -0.970. The minimum Gasteiger partial charge on any atom is -0.389 e. The molecule has 2 N–H and O–H groups in total. The van der Waals surface area contributed by atoms with Gasteiger partial charge >= 0.3 is 0 Å². The summed E-state index contributed by atoms with van der Waals surface area (Å²) in [6.07, 6.45) is 5.59. The summed E-state index contributed by atoms with van der Waals surface area (Å²) in [6, 6.07) is 6.93. The van der Waals surface area contributed by atoms with Gasteiger partial charge in [-0.3, -0.25) is 4.90 Å². The Bertz CT molecular complexity index is 530. The zero-order valence-corrected chi connectivity index (χ0v) is 13.5. The summed E-state index contributed by atoms with van der Waals surface area (Å²) >= 11 is 5.05. The Balaban J connectivity index is 1.74. The average Bonchev–Trinajstić information content (AvgIpc) is 2.49. The molecular weight excluding hydrogens is 280 g/mol. The molecule has 1 saturated carbocycles. The molecule has 2 atom stereocenters. The third-order valence-electron chi connectivity index (χ3n) is 4.85. The van der Waals surface area contributed by atoms with Gasteiger partial charge in [0.05, 0.1) is 12.7 Å². The Labute approximate surface area is 132 Å². The molecule has 1 heterocycles. The van der Waals surface area contributed by atoms with Crippen LogP contribution in [0.4, 0.5) is 0 Å². The molecule has 2 unspecified atom stereocenters. The van der Waals surface area contributed by atoms with Crippen LogP contribution in [0.3, 0.4) is 0 Å². The van der Waals surface area contributed by atoms with Crippen molar-refractivity contribution in [1.29, 1.82) is 0 Å². The number of nitrogens with two attached hydrogens (primary N) is 1. The lowest BCUT2D eigenvalue weighted by Gasteiger charge is -2.44. The van der Waals surface area contributed by atoms with Crippen LogP contribution in [0.15, 0.2) is 18.2 Å². The van der Waals surface area contributed by atoms with Crippen LogP contribution >= 0.6 is 12.2 Å². The quantitative estimate of drug-likeness (QED) is 0.872. The zero-order chi connectivity index (χ0) is 14.8. The maximum atomic E-state index is 5.96. The number of aryl methyl sites for hydroxylation is 1. The summed E-state index contributed by atoms with van der Waals surface area (Å²) in [4.78, 5) is 3.08. The highest BCUT2D eigenvalue weighted by molar-refractivity contribution is 7.80. The van der Waals surface area contributed by atoms with Gasteiger partial charge in [-0.05, 0) is 37.0 Å². The fourth-order valence-corrected chi connectivity index (χ4v) is 3.75. The Morgan fingerprint density at radius 3 is 2.95 bits per heavy atom. The van der Waals surface area contributed by atoms with Crippen LogP contribution in [0.1, 0.15) is 42.4 Å². The van der Waals surface area contributed by atoms with Crippen molar-refractivity contribution < 1.29 is 4.74 Å². The van der Waals surface area contributed by atoms with Gasteiger partial charge in [0.2, 0.25) is 0 Å². The topological polar surface area (TPSA) is 38.5 Å². The van der Waals surface area contributed by atoms with E-state index >= 15 is 0 Å². The van der Waals surface area contributed by atoms with Gasteiger partial charge in [0, 0.05) is 24.7 Å². The van der Waals surface area contributed by atoms with Crippen molar-refractivity contribution >= 4 is 17.2 Å². The minimum absolute atomic E-state index is 0.448. The van der Waals surface area contributed by atoms with Crippen molar-refractivity contribution in [1.82, 2.24) is 4.90 Å². The summed E-state index contributed by atoms with van der Waals surface area (Å²) in [6.45, 7) is 5.06. The highest BCUT2D eigenvalue weighted by atomic mass is 32.1. The summed E-state index contributed by atoms with van der Waals surface area (Å²) in [5.74, 6) is 0. The van der Waals surface area contributed by atoms with Crippen molar-refractivity contribution in [3.8, 4) is 0 Å². The largest absolute Gasteiger partial charge is 0.389 e. The molecule has 3 nitrogen and oxygen atoms in total. The molecule has 1 aliphatic heterocycles. The van der Waals surface area contributed by atoms with Gasteiger partial charge in [0.1, 0.15) is 4.99 Å². The normalized spacial score (nSPS) is 26.3. The first-order valence-electron chi connectivity index (χ1n) is 7.90. The Morgan fingerprint density at radius 2 is 2.19 bits per heavy atom. The van der Waals surface area contributed by atoms with E-state index in [0.717, 1.165) is 25.3 Å². The highest BCUT2D eigenvalue weighted by Gasteiger charge is 2.34. The van der Waals surface area contributed by atoms with Crippen LogP contribution in [0, 0.1) is 6.92 Å². The first-order valence-corrected chi connectivity index (χ1v) is 8.31. The van der Waals surface area contributed by atoms with Crippen LogP contribution in [-0.4, -0.2) is 35.2 Å². The standard InChI is InChI=1S/C17H24N2OS/c1-12-10-13(17(18)21)6-7-14(12)11-19-8-9-20-16-5-3-2-4-15(16)19/h6-7,10,15-16H,2-5,8-9,11H2,1H3,(H2,18,21). The lowest BCUT2D eigenvalue weighted by atomic mass is 9.89. The number of rotatable bonds is 3. The molecule has 0 aromatic heterocycles. The van der Waals surface area contributed by atoms with E-state index in [1.807, 2.05) is 6.07 Å². The predicted octanol–water partition coefficient (Wildman–Crippen LogP) is 2.77. The molecule has 1 aliphatic carbocycles. The lowest BCUT2D eigenvalue weighted by molar-refractivity contribution is -0.0911. The summed E-state index contributed by atoms with van der Waals surface area (Å²) < 4.78 is 5.96. The molecule has 0 spiro atoms. The van der Waals surface area contributed by atoms with Gasteiger partial charge in [-0.2, -0.15) is 0 Å². The zero-order valence-electron chi connectivity index (χ0n) is 12.7. The molecule has 0 amide bonds. The maximum absolute atomic E-state index is 5.96. The molecule has 2 fully saturated rings. The monoisotopic (exact) mass is 304 g/mol. The molecule has 0 bridgehead atoms. The van der Waals surface area contributed by atoms with E-state index in [0.29, 0.717) is 17.1 Å². The minimum atomic E-state index is 0.448. The third-order valence-corrected chi connectivity index (χ3v) is 5.08. The smallest absolute Gasteiger partial charge is 0.103 e. The van der Waals surface area contributed by atoms with Crippen molar-refractivity contribution in [2.24, 2.45) is 5.73 Å². The second-order valence-corrected chi connectivity index (χ2v) is 6.68. The van der Waals surface area contributed by atoms with Crippen molar-refractivity contribution in [2.75, 3.05) is 13.2 Å². The first kappa shape index (κ1) is 14.9. The number of benzene rings is 1. The van der Waals surface area contributed by atoms with Crippen LogP contribution in [0.2, 0.25) is 0 Å². The molecular formula is C17H24N2OS. The fourth-order valence-electron chi connectivity index (χ4n) is 3.62. The molecule has 1 aromatic rings. The molecule has 1 saturated heterocycles. The molecule has 21 heavy (non-hydrogen) atoms. The second-order valence-electron chi connectivity index (χ2n) is 6.24. The van der Waals surface area contributed by atoms with Gasteiger partial charge in [0.15, 0.2) is 0 Å². The Morgan fingerprint density at radius 1 is 1.38 bits per heavy atom. The number of nitrogens with zero attached hydrogens (tertiary/aromatic N) is 1. The molecule has 4 heteroatoms. The molecule has 114 valence electrons. The van der Waals surface area contributed by atoms with Crippen molar-refractivity contribution in [2.45, 2.75) is 51.3 Å². The number of fused-ring (bicyclic) bond motifs is 1. The van der Waals surface area contributed by atoms with Gasteiger partial charge in [-0.15, -0.1) is 0 Å². The van der Waals surface area contributed by atoms with E-state index in [-0.39, 0.29) is 0 Å². The number of thiocarbonyl (C=S) groups is 1. The van der Waals surface area contributed by atoms with Gasteiger partial charge in [0.25, 0.3) is 0 Å². The van der Waals surface area contributed by atoms with Crippen LogP contribution in [0.25, 0.3) is 0 Å². The summed E-state index contributed by atoms with van der Waals surface area (Å²) in [5, 5.41) is 0. The van der Waals surface area contributed by atoms with Crippen molar-refractivity contribution in [3.63, 3.8) is 0 Å². The third kappa shape index (κ3) is 3.28. The number of morpholine rings is 1. The molecule has 0 radical (unpaired) electrons. The number of hydrogen-bond acceptors (Lipinski definition) is 3. The van der Waals surface area contributed by atoms with E-state index in [4.69, 9.17) is 22.7 Å². The van der Waals surface area contributed by atoms with Crippen LogP contribution in [-0.2, 0) is 11.3 Å². The molecule has 3 rings (SSSR count). The first-order chi connectivity index (χ1) is 10.1. The Kier molecular flexibility index (Phi) is 4.57. The van der Waals surface area contributed by atoms with Gasteiger partial charge in [-0.1, -0.05) is 37.2 Å². The summed E-state index contributed by atoms with van der Waals surface area (Å²) in [5.41, 5.74) is 9.32. The van der Waals surface area contributed by atoms with Crippen LogP contribution < -0.4 is 5.73 Å². The average molecular weight is 304 g/mol. The van der Waals surface area contributed by atoms with E-state index in [1.54, 1.807) is 0 Å². The SMILES string of the molecule is Cc1cc(C(N)=S)ccc1CN1CCOC2CCCCC21. The highest BCUT2D eigenvalue weighted by Crippen LogP contribution is 2.29. The number of ether oxygens (including phenoxy) is 1. The number of hydrogen-bond donors (Lipinski definition) is 1. The second kappa shape index (κ2) is 6.42. The molecule has 2 aliphatic rings.